The van der Waals surface area contributed by atoms with Gasteiger partial charge in [0.05, 0.1) is 5.25 Å². The molecule has 0 saturated carbocycles. The summed E-state index contributed by atoms with van der Waals surface area (Å²) in [5, 5.41) is 3.52. The van der Waals surface area contributed by atoms with Crippen molar-refractivity contribution in [2.75, 3.05) is 13.1 Å². The van der Waals surface area contributed by atoms with Crippen LogP contribution >= 0.6 is 23.4 Å². The van der Waals surface area contributed by atoms with Crippen molar-refractivity contribution in [3.8, 4) is 5.69 Å². The first kappa shape index (κ1) is 15.9. The summed E-state index contributed by atoms with van der Waals surface area (Å²) in [5.41, 5.74) is 0.871. The van der Waals surface area contributed by atoms with Crippen molar-refractivity contribution in [2.24, 2.45) is 0 Å². The number of carbonyl (C=O) groups excluding carboxylic acids is 2. The van der Waals surface area contributed by atoms with Crippen LogP contribution in [0.5, 0.6) is 0 Å². The average molecular weight is 351 g/mol. The van der Waals surface area contributed by atoms with Gasteiger partial charge in [-0.2, -0.15) is 0 Å². The van der Waals surface area contributed by atoms with E-state index in [-0.39, 0.29) is 11.9 Å². The fourth-order valence-corrected chi connectivity index (χ4v) is 3.44. The second-order valence-electron chi connectivity index (χ2n) is 5.04. The van der Waals surface area contributed by atoms with E-state index in [4.69, 9.17) is 11.6 Å². The monoisotopic (exact) mass is 350 g/mol. The van der Waals surface area contributed by atoms with E-state index in [1.807, 2.05) is 29.0 Å². The maximum Gasteiger partial charge on any atom is 0.324 e. The van der Waals surface area contributed by atoms with Gasteiger partial charge in [-0.05, 0) is 25.1 Å². The maximum atomic E-state index is 12.4. The minimum Gasteiger partial charge on any atom is -0.336 e. The van der Waals surface area contributed by atoms with Gasteiger partial charge < -0.3 is 5.32 Å². The predicted octanol–water partition coefficient (Wildman–Crippen LogP) is 2.56. The Bertz CT molecular complexity index is 749. The summed E-state index contributed by atoms with van der Waals surface area (Å²) in [6.45, 7) is 2.68. The number of benzene rings is 1. The Morgan fingerprint density at radius 1 is 1.48 bits per heavy atom. The highest BCUT2D eigenvalue weighted by atomic mass is 35.5. The summed E-state index contributed by atoms with van der Waals surface area (Å²) < 4.78 is 1.87. The number of hydrogen-bond acceptors (Lipinski definition) is 4. The van der Waals surface area contributed by atoms with Gasteiger partial charge >= 0.3 is 6.03 Å². The maximum absolute atomic E-state index is 12.4. The summed E-state index contributed by atoms with van der Waals surface area (Å²) in [6.07, 6.45) is 3.48. The summed E-state index contributed by atoms with van der Waals surface area (Å²) in [6, 6.07) is 7.06. The summed E-state index contributed by atoms with van der Waals surface area (Å²) in [4.78, 5) is 29.5. The van der Waals surface area contributed by atoms with Crippen molar-refractivity contribution in [3.05, 3.63) is 41.7 Å². The zero-order valence-electron chi connectivity index (χ0n) is 12.4. The van der Waals surface area contributed by atoms with E-state index in [9.17, 15) is 9.59 Å². The van der Waals surface area contributed by atoms with Crippen LogP contribution in [0.1, 0.15) is 6.92 Å². The fourth-order valence-electron chi connectivity index (χ4n) is 2.31. The molecule has 1 unspecified atom stereocenters. The van der Waals surface area contributed by atoms with Crippen molar-refractivity contribution in [1.29, 1.82) is 0 Å². The van der Waals surface area contributed by atoms with Crippen molar-refractivity contribution < 1.29 is 9.59 Å². The summed E-state index contributed by atoms with van der Waals surface area (Å²) in [7, 11) is 0. The number of amides is 3. The second-order valence-corrected chi connectivity index (χ2v) is 6.79. The Balaban J connectivity index is 1.77. The molecule has 1 fully saturated rings. The molecule has 0 bridgehead atoms. The third-order valence-electron chi connectivity index (χ3n) is 3.45. The van der Waals surface area contributed by atoms with Gasteiger partial charge in [0.15, 0.2) is 5.16 Å². The van der Waals surface area contributed by atoms with Gasteiger partial charge in [-0.25, -0.2) is 9.78 Å². The number of thioether (sulfide) groups is 1. The number of imide groups is 1. The van der Waals surface area contributed by atoms with Crippen molar-refractivity contribution in [1.82, 2.24) is 19.8 Å². The number of rotatable bonds is 4. The molecule has 1 aliphatic rings. The van der Waals surface area contributed by atoms with E-state index in [0.717, 1.165) is 5.69 Å². The number of nitrogens with one attached hydrogen (secondary N) is 1. The lowest BCUT2D eigenvalue weighted by atomic mass is 10.3. The first-order valence-electron chi connectivity index (χ1n) is 7.11. The normalized spacial score (nSPS) is 15.6. The topological polar surface area (TPSA) is 67.2 Å². The molecule has 23 heavy (non-hydrogen) atoms. The summed E-state index contributed by atoms with van der Waals surface area (Å²) in [5.74, 6) is -0.217. The van der Waals surface area contributed by atoms with E-state index in [1.165, 1.54) is 16.7 Å². The number of nitrogens with zero attached hydrogens (tertiary/aromatic N) is 3. The van der Waals surface area contributed by atoms with E-state index in [0.29, 0.717) is 23.3 Å². The van der Waals surface area contributed by atoms with Gasteiger partial charge in [0, 0.05) is 36.2 Å². The van der Waals surface area contributed by atoms with Crippen LogP contribution in [0.25, 0.3) is 5.69 Å². The molecule has 2 aromatic rings. The first-order valence-corrected chi connectivity index (χ1v) is 8.37. The van der Waals surface area contributed by atoms with Gasteiger partial charge in [-0.1, -0.05) is 29.4 Å². The number of urea groups is 1. The molecule has 6 nitrogen and oxygen atoms in total. The van der Waals surface area contributed by atoms with E-state index >= 15 is 0 Å². The minimum absolute atomic E-state index is 0.217. The lowest BCUT2D eigenvalue weighted by Crippen LogP contribution is -2.39. The van der Waals surface area contributed by atoms with Gasteiger partial charge in [-0.15, -0.1) is 0 Å². The predicted molar refractivity (Wildman–Crippen MR) is 89.0 cm³/mol. The van der Waals surface area contributed by atoms with Crippen LogP contribution in [0, 0.1) is 0 Å². The lowest BCUT2D eigenvalue weighted by Gasteiger charge is -2.17. The Labute approximate surface area is 142 Å². The van der Waals surface area contributed by atoms with Crippen molar-refractivity contribution >= 4 is 35.3 Å². The Morgan fingerprint density at radius 3 is 3.00 bits per heavy atom. The van der Waals surface area contributed by atoms with Crippen molar-refractivity contribution in [2.45, 2.75) is 17.3 Å². The lowest BCUT2D eigenvalue weighted by molar-refractivity contribution is -0.126. The molecule has 0 spiro atoms. The molecule has 1 atom stereocenters. The molecule has 1 aromatic carbocycles. The van der Waals surface area contributed by atoms with Crippen LogP contribution in [0.4, 0.5) is 4.79 Å². The molecule has 1 aliphatic heterocycles. The Morgan fingerprint density at radius 2 is 2.30 bits per heavy atom. The van der Waals surface area contributed by atoms with Gasteiger partial charge in [-0.3, -0.25) is 14.3 Å². The van der Waals surface area contributed by atoms with Crippen LogP contribution in [-0.4, -0.2) is 44.7 Å². The molecular weight excluding hydrogens is 336 g/mol. The Hall–Kier alpha value is -1.99. The molecule has 1 aromatic heterocycles. The molecule has 1 saturated heterocycles. The highest BCUT2D eigenvalue weighted by Crippen LogP contribution is 2.26. The van der Waals surface area contributed by atoms with Crippen LogP contribution < -0.4 is 5.32 Å². The average Bonchev–Trinajstić information content (AvgIpc) is 3.15. The highest BCUT2D eigenvalue weighted by molar-refractivity contribution is 8.00. The molecular formula is C15H15ClN4O2S. The number of halogens is 1. The number of carbonyl (C=O) groups is 2. The van der Waals surface area contributed by atoms with E-state index < -0.39 is 5.25 Å². The molecule has 0 radical (unpaired) electrons. The quantitative estimate of drug-likeness (QED) is 0.860. The first-order chi connectivity index (χ1) is 11.1. The third-order valence-corrected chi connectivity index (χ3v) is 4.75. The highest BCUT2D eigenvalue weighted by Gasteiger charge is 2.30. The van der Waals surface area contributed by atoms with Gasteiger partial charge in [0.25, 0.3) is 0 Å². The number of hydrogen-bond donors (Lipinski definition) is 1. The molecule has 2 heterocycles. The largest absolute Gasteiger partial charge is 0.336 e. The van der Waals surface area contributed by atoms with Crippen LogP contribution in [0.15, 0.2) is 41.8 Å². The Kier molecular flexibility index (Phi) is 4.58. The van der Waals surface area contributed by atoms with Gasteiger partial charge in [0.2, 0.25) is 5.91 Å². The molecule has 1 N–H and O–H groups in total. The van der Waals surface area contributed by atoms with Crippen LogP contribution in [0.2, 0.25) is 5.02 Å². The molecule has 3 amide bonds. The molecule has 120 valence electrons. The zero-order chi connectivity index (χ0) is 16.4. The smallest absolute Gasteiger partial charge is 0.324 e. The van der Waals surface area contributed by atoms with Gasteiger partial charge in [0.1, 0.15) is 0 Å². The molecule has 8 heteroatoms. The van der Waals surface area contributed by atoms with E-state index in [1.54, 1.807) is 19.2 Å². The fraction of sp³-hybridized carbons (Fsp3) is 0.267. The number of aromatic nitrogens is 2. The molecule has 3 rings (SSSR count). The minimum atomic E-state index is -0.417. The zero-order valence-corrected chi connectivity index (χ0v) is 14.0. The van der Waals surface area contributed by atoms with Crippen molar-refractivity contribution in [3.63, 3.8) is 0 Å². The number of imidazole rings is 1. The second kappa shape index (κ2) is 6.64. The van der Waals surface area contributed by atoms with E-state index in [2.05, 4.69) is 10.3 Å². The SMILES string of the molecule is CC(Sc1nccn1-c1cccc(Cl)c1)C(=O)N1CCNC1=O. The standard InChI is InChI=1S/C15H15ClN4O2S/c1-10(13(21)20-8-5-17-14(20)22)23-15-18-6-7-19(15)12-4-2-3-11(16)9-12/h2-4,6-7,9-10H,5,8H2,1H3,(H,17,22). The third kappa shape index (κ3) is 3.35. The van der Waals surface area contributed by atoms with Crippen LogP contribution in [0.3, 0.4) is 0 Å². The molecule has 0 aliphatic carbocycles. The van der Waals surface area contributed by atoms with Crippen LogP contribution in [-0.2, 0) is 4.79 Å². The summed E-state index contributed by atoms with van der Waals surface area (Å²) >= 11 is 7.34.